The van der Waals surface area contributed by atoms with Crippen LogP contribution in [0.2, 0.25) is 0 Å². The predicted octanol–water partition coefficient (Wildman–Crippen LogP) is 4.14. The molecule has 0 amide bonds. The summed E-state index contributed by atoms with van der Waals surface area (Å²) >= 11 is 0. The Morgan fingerprint density at radius 3 is 2.41 bits per heavy atom. The summed E-state index contributed by atoms with van der Waals surface area (Å²) in [4.78, 5) is 15.1. The highest BCUT2D eigenvalue weighted by atomic mass is 16.5. The maximum atomic E-state index is 12.9. The number of allylic oxidation sites excluding steroid dienone is 1. The van der Waals surface area contributed by atoms with E-state index in [1.165, 1.54) is 5.56 Å². The van der Waals surface area contributed by atoms with E-state index in [1.54, 1.807) is 18.2 Å². The second-order valence-corrected chi connectivity index (χ2v) is 8.64. The van der Waals surface area contributed by atoms with Crippen molar-refractivity contribution in [3.05, 3.63) is 64.4 Å². The van der Waals surface area contributed by atoms with Gasteiger partial charge < -0.3 is 14.6 Å². The number of ketones is 1. The van der Waals surface area contributed by atoms with Gasteiger partial charge in [-0.2, -0.15) is 0 Å². The molecule has 2 aromatic carbocycles. The van der Waals surface area contributed by atoms with Crippen molar-refractivity contribution in [2.75, 3.05) is 26.3 Å². The Kier molecular flexibility index (Phi) is 5.19. The number of aromatic hydroxyl groups is 1. The van der Waals surface area contributed by atoms with Gasteiger partial charge in [-0.05, 0) is 34.8 Å². The molecule has 5 heteroatoms. The van der Waals surface area contributed by atoms with Crippen molar-refractivity contribution >= 4 is 11.9 Å². The van der Waals surface area contributed by atoms with Gasteiger partial charge >= 0.3 is 0 Å². The molecule has 0 aromatic heterocycles. The first kappa shape index (κ1) is 19.7. The second kappa shape index (κ2) is 7.65. The molecule has 1 saturated heterocycles. The summed E-state index contributed by atoms with van der Waals surface area (Å²) in [6.07, 6.45) is 1.77. The number of hydrogen-bond acceptors (Lipinski definition) is 5. The van der Waals surface area contributed by atoms with Gasteiger partial charge in [-0.15, -0.1) is 0 Å². The first-order valence-electron chi connectivity index (χ1n) is 10.0. The van der Waals surface area contributed by atoms with Gasteiger partial charge in [-0.25, -0.2) is 0 Å². The summed E-state index contributed by atoms with van der Waals surface area (Å²) < 4.78 is 11.4. The molecule has 0 bridgehead atoms. The Morgan fingerprint density at radius 2 is 1.76 bits per heavy atom. The van der Waals surface area contributed by atoms with E-state index in [0.29, 0.717) is 36.6 Å². The lowest BCUT2D eigenvalue weighted by atomic mass is 9.86. The zero-order valence-electron chi connectivity index (χ0n) is 17.2. The molecule has 2 heterocycles. The highest BCUT2D eigenvalue weighted by Gasteiger charge is 2.32. The number of benzene rings is 2. The third-order valence-corrected chi connectivity index (χ3v) is 5.48. The van der Waals surface area contributed by atoms with Crippen LogP contribution >= 0.6 is 0 Å². The Bertz CT molecular complexity index is 948. The summed E-state index contributed by atoms with van der Waals surface area (Å²) in [5.74, 6) is 0.762. The molecule has 0 spiro atoms. The van der Waals surface area contributed by atoms with Crippen molar-refractivity contribution in [1.82, 2.24) is 4.90 Å². The van der Waals surface area contributed by atoms with E-state index in [1.807, 2.05) is 12.1 Å². The SMILES string of the molecule is CC(C)(C)c1ccc(/C=C2\Oc3c(ccc(O)c3CN3CCOCC3)C2=O)cc1. The zero-order chi connectivity index (χ0) is 20.6. The van der Waals surface area contributed by atoms with Gasteiger partial charge in [-0.1, -0.05) is 45.0 Å². The molecule has 29 heavy (non-hydrogen) atoms. The lowest BCUT2D eigenvalue weighted by Gasteiger charge is -2.27. The Balaban J connectivity index is 1.61. The van der Waals surface area contributed by atoms with Crippen molar-refractivity contribution in [3.8, 4) is 11.5 Å². The van der Waals surface area contributed by atoms with Crippen LogP contribution in [0.4, 0.5) is 0 Å². The van der Waals surface area contributed by atoms with E-state index in [2.05, 4.69) is 37.8 Å². The summed E-state index contributed by atoms with van der Waals surface area (Å²) in [5.41, 5.74) is 3.38. The van der Waals surface area contributed by atoms with Crippen molar-refractivity contribution in [2.24, 2.45) is 0 Å². The lowest BCUT2D eigenvalue weighted by Crippen LogP contribution is -2.35. The van der Waals surface area contributed by atoms with Crippen molar-refractivity contribution < 1.29 is 19.4 Å². The molecule has 0 radical (unpaired) electrons. The fourth-order valence-corrected chi connectivity index (χ4v) is 3.66. The van der Waals surface area contributed by atoms with E-state index in [-0.39, 0.29) is 22.7 Å². The normalized spacial score (nSPS) is 18.7. The molecule has 0 atom stereocenters. The Hall–Kier alpha value is -2.63. The van der Waals surface area contributed by atoms with Crippen LogP contribution in [0.25, 0.3) is 6.08 Å². The predicted molar refractivity (Wildman–Crippen MR) is 112 cm³/mol. The first-order chi connectivity index (χ1) is 13.8. The molecule has 1 N–H and O–H groups in total. The number of hydrogen-bond donors (Lipinski definition) is 1. The topological polar surface area (TPSA) is 59.0 Å². The van der Waals surface area contributed by atoms with Crippen LogP contribution in [0.5, 0.6) is 11.5 Å². The van der Waals surface area contributed by atoms with Crippen LogP contribution in [0.3, 0.4) is 0 Å². The summed E-state index contributed by atoms with van der Waals surface area (Å²) in [6, 6.07) is 11.4. The average molecular weight is 393 g/mol. The van der Waals surface area contributed by atoms with Gasteiger partial charge in [0.15, 0.2) is 5.76 Å². The van der Waals surface area contributed by atoms with E-state index in [4.69, 9.17) is 9.47 Å². The second-order valence-electron chi connectivity index (χ2n) is 8.64. The smallest absolute Gasteiger partial charge is 0.231 e. The van der Waals surface area contributed by atoms with Gasteiger partial charge in [0, 0.05) is 19.6 Å². The van der Waals surface area contributed by atoms with Gasteiger partial charge in [0.25, 0.3) is 0 Å². The number of nitrogens with zero attached hydrogens (tertiary/aromatic N) is 1. The minimum Gasteiger partial charge on any atom is -0.507 e. The van der Waals surface area contributed by atoms with Gasteiger partial charge in [0.2, 0.25) is 5.78 Å². The maximum absolute atomic E-state index is 12.9. The zero-order valence-corrected chi connectivity index (χ0v) is 17.2. The molecule has 1 fully saturated rings. The molecular formula is C24H27NO4. The molecule has 5 nitrogen and oxygen atoms in total. The number of carbonyl (C=O) groups is 1. The van der Waals surface area contributed by atoms with Gasteiger partial charge in [0.1, 0.15) is 11.5 Å². The number of phenols is 1. The molecular weight excluding hydrogens is 366 g/mol. The molecule has 2 aliphatic heterocycles. The summed E-state index contributed by atoms with van der Waals surface area (Å²) in [5, 5.41) is 10.4. The molecule has 0 saturated carbocycles. The Labute approximate surface area is 171 Å². The fourth-order valence-electron chi connectivity index (χ4n) is 3.66. The number of rotatable bonds is 3. The maximum Gasteiger partial charge on any atom is 0.231 e. The summed E-state index contributed by atoms with van der Waals surface area (Å²) in [7, 11) is 0. The van der Waals surface area contributed by atoms with Crippen LogP contribution < -0.4 is 4.74 Å². The largest absolute Gasteiger partial charge is 0.507 e. The van der Waals surface area contributed by atoms with E-state index in [0.717, 1.165) is 18.7 Å². The van der Waals surface area contributed by atoms with Crippen molar-refractivity contribution in [2.45, 2.75) is 32.7 Å². The van der Waals surface area contributed by atoms with E-state index in [9.17, 15) is 9.90 Å². The van der Waals surface area contributed by atoms with E-state index >= 15 is 0 Å². The van der Waals surface area contributed by atoms with Crippen molar-refractivity contribution in [1.29, 1.82) is 0 Å². The summed E-state index contributed by atoms with van der Waals surface area (Å²) in [6.45, 7) is 9.96. The minimum atomic E-state index is -0.150. The molecule has 2 aliphatic rings. The fraction of sp³-hybridized carbons (Fsp3) is 0.375. The van der Waals surface area contributed by atoms with Gasteiger partial charge in [0.05, 0.1) is 24.3 Å². The third kappa shape index (κ3) is 4.07. The third-order valence-electron chi connectivity index (χ3n) is 5.48. The Morgan fingerprint density at radius 1 is 1.07 bits per heavy atom. The molecule has 2 aromatic rings. The van der Waals surface area contributed by atoms with Crippen LogP contribution in [0, 0.1) is 0 Å². The van der Waals surface area contributed by atoms with Crippen LogP contribution in [0.15, 0.2) is 42.2 Å². The van der Waals surface area contributed by atoms with E-state index < -0.39 is 0 Å². The molecule has 4 rings (SSSR count). The quantitative estimate of drug-likeness (QED) is 0.795. The number of carbonyl (C=O) groups excluding carboxylic acids is 1. The number of Topliss-reactive ketones (excluding diaryl/α,β-unsaturated/α-hetero) is 1. The highest BCUT2D eigenvalue weighted by Crippen LogP contribution is 2.40. The van der Waals surface area contributed by atoms with Crippen LogP contribution in [-0.4, -0.2) is 42.1 Å². The van der Waals surface area contributed by atoms with Crippen LogP contribution in [0.1, 0.15) is 47.8 Å². The monoisotopic (exact) mass is 393 g/mol. The average Bonchev–Trinajstić information content (AvgIpc) is 3.00. The first-order valence-corrected chi connectivity index (χ1v) is 10.0. The lowest BCUT2D eigenvalue weighted by molar-refractivity contribution is 0.0336. The van der Waals surface area contributed by atoms with Crippen LogP contribution in [-0.2, 0) is 16.7 Å². The molecule has 152 valence electrons. The highest BCUT2D eigenvalue weighted by molar-refractivity contribution is 6.15. The molecule has 0 aliphatic carbocycles. The number of fused-ring (bicyclic) bond motifs is 1. The number of ether oxygens (including phenoxy) is 2. The van der Waals surface area contributed by atoms with Crippen molar-refractivity contribution in [3.63, 3.8) is 0 Å². The number of morpholine rings is 1. The van der Waals surface area contributed by atoms with Gasteiger partial charge in [-0.3, -0.25) is 9.69 Å². The standard InChI is InChI=1S/C24H27NO4/c1-24(2,3)17-6-4-16(5-7-17)14-21-22(27)18-8-9-20(26)19(23(18)29-21)15-25-10-12-28-13-11-25/h4-9,14,26H,10-13,15H2,1-3H3/b21-14-. The molecule has 0 unspecified atom stereocenters. The minimum absolute atomic E-state index is 0.0769. The number of phenolic OH excluding ortho intramolecular Hbond substituents is 1.